The van der Waals surface area contributed by atoms with Gasteiger partial charge < -0.3 is 5.32 Å². The highest BCUT2D eigenvalue weighted by Gasteiger charge is 2.22. The molecule has 1 aliphatic carbocycles. The molecule has 0 aromatic heterocycles. The van der Waals surface area contributed by atoms with Crippen LogP contribution in [0.4, 0.5) is 0 Å². The van der Waals surface area contributed by atoms with Crippen molar-refractivity contribution in [1.29, 1.82) is 0 Å². The third-order valence-corrected chi connectivity index (χ3v) is 5.35. The molecule has 0 fully saturated rings. The molecule has 0 aliphatic heterocycles. The molecular formula is C16H26N2O2S. The van der Waals surface area contributed by atoms with Crippen molar-refractivity contribution in [3.05, 3.63) is 35.4 Å². The summed E-state index contributed by atoms with van der Waals surface area (Å²) in [5.74, 6) is 0.199. The average molecular weight is 310 g/mol. The zero-order valence-corrected chi connectivity index (χ0v) is 13.7. The Hall–Kier alpha value is -0.910. The van der Waals surface area contributed by atoms with Gasteiger partial charge in [-0.1, -0.05) is 38.1 Å². The Labute approximate surface area is 128 Å². The monoisotopic (exact) mass is 310 g/mol. The molecule has 0 radical (unpaired) electrons. The minimum Gasteiger partial charge on any atom is -0.314 e. The highest BCUT2D eigenvalue weighted by Crippen LogP contribution is 2.21. The van der Waals surface area contributed by atoms with Crippen molar-refractivity contribution in [2.75, 3.05) is 12.3 Å². The Balaban J connectivity index is 1.81. The van der Waals surface area contributed by atoms with Crippen LogP contribution in [0, 0.1) is 0 Å². The molecule has 118 valence electrons. The lowest BCUT2D eigenvalue weighted by Crippen LogP contribution is -2.40. The Kier molecular flexibility index (Phi) is 5.79. The molecule has 5 heteroatoms. The van der Waals surface area contributed by atoms with Gasteiger partial charge in [0.05, 0.1) is 5.75 Å². The second kappa shape index (κ2) is 7.38. The number of fused-ring (bicyclic) bond motifs is 1. The Bertz CT molecular complexity index is 555. The lowest BCUT2D eigenvalue weighted by molar-refractivity contribution is 0.504. The summed E-state index contributed by atoms with van der Waals surface area (Å²) in [6, 6.07) is 8.75. The largest absolute Gasteiger partial charge is 0.314 e. The highest BCUT2D eigenvalue weighted by molar-refractivity contribution is 7.89. The maximum atomic E-state index is 12.1. The smallest absolute Gasteiger partial charge is 0.211 e. The molecule has 1 atom stereocenters. The van der Waals surface area contributed by atoms with E-state index in [2.05, 4.69) is 36.0 Å². The van der Waals surface area contributed by atoms with Gasteiger partial charge in [-0.15, -0.1) is 0 Å². The van der Waals surface area contributed by atoms with Crippen molar-refractivity contribution in [1.82, 2.24) is 10.0 Å². The molecule has 21 heavy (non-hydrogen) atoms. The molecule has 0 heterocycles. The fraction of sp³-hybridized carbons (Fsp3) is 0.625. The summed E-state index contributed by atoms with van der Waals surface area (Å²) >= 11 is 0. The molecule has 0 amide bonds. The second-order valence-electron chi connectivity index (χ2n) is 6.11. The van der Waals surface area contributed by atoms with Gasteiger partial charge in [-0.3, -0.25) is 0 Å². The predicted octanol–water partition coefficient (Wildman–Crippen LogP) is 1.85. The number of benzene rings is 1. The topological polar surface area (TPSA) is 58.2 Å². The number of aryl methyl sites for hydroxylation is 1. The molecule has 0 saturated heterocycles. The van der Waals surface area contributed by atoms with Crippen LogP contribution in [0.15, 0.2) is 24.3 Å². The van der Waals surface area contributed by atoms with E-state index in [0.717, 1.165) is 25.8 Å². The molecule has 1 aromatic rings. The maximum Gasteiger partial charge on any atom is 0.211 e. The minimum absolute atomic E-state index is 0.0444. The fourth-order valence-corrected chi connectivity index (χ4v) is 4.12. The van der Waals surface area contributed by atoms with Gasteiger partial charge in [-0.05, 0) is 43.4 Å². The molecule has 0 saturated carbocycles. The van der Waals surface area contributed by atoms with Crippen LogP contribution in [0.5, 0.6) is 0 Å². The molecule has 1 unspecified atom stereocenters. The van der Waals surface area contributed by atoms with Gasteiger partial charge in [0.1, 0.15) is 0 Å². The molecule has 0 spiro atoms. The maximum absolute atomic E-state index is 12.1. The van der Waals surface area contributed by atoms with Gasteiger partial charge in [0.15, 0.2) is 0 Å². The van der Waals surface area contributed by atoms with E-state index in [9.17, 15) is 8.42 Å². The van der Waals surface area contributed by atoms with Gasteiger partial charge in [-0.2, -0.15) is 0 Å². The Morgan fingerprint density at radius 2 is 1.95 bits per heavy atom. The normalized spacial score (nSPS) is 18.7. The molecular weight excluding hydrogens is 284 g/mol. The third-order valence-electron chi connectivity index (χ3n) is 3.84. The first-order valence-corrected chi connectivity index (χ1v) is 9.41. The lowest BCUT2D eigenvalue weighted by atomic mass is 9.89. The summed E-state index contributed by atoms with van der Waals surface area (Å²) in [6.45, 7) is 4.87. The fourth-order valence-electron chi connectivity index (χ4n) is 2.76. The van der Waals surface area contributed by atoms with E-state index in [0.29, 0.717) is 12.5 Å². The quantitative estimate of drug-likeness (QED) is 0.756. The Morgan fingerprint density at radius 1 is 1.24 bits per heavy atom. The zero-order chi connectivity index (χ0) is 15.3. The van der Waals surface area contributed by atoms with Crippen molar-refractivity contribution in [2.24, 2.45) is 0 Å². The predicted molar refractivity (Wildman–Crippen MR) is 86.9 cm³/mol. The van der Waals surface area contributed by atoms with Crippen LogP contribution in [-0.4, -0.2) is 32.8 Å². The summed E-state index contributed by atoms with van der Waals surface area (Å²) in [5, 5.41) is 3.24. The van der Waals surface area contributed by atoms with Gasteiger partial charge >= 0.3 is 0 Å². The van der Waals surface area contributed by atoms with E-state index in [1.54, 1.807) is 0 Å². The third kappa shape index (κ3) is 5.41. The van der Waals surface area contributed by atoms with Gasteiger partial charge in [-0.25, -0.2) is 13.1 Å². The van der Waals surface area contributed by atoms with E-state index in [1.807, 2.05) is 12.1 Å². The van der Waals surface area contributed by atoms with E-state index in [4.69, 9.17) is 0 Å². The molecule has 2 N–H and O–H groups in total. The van der Waals surface area contributed by atoms with Crippen LogP contribution in [0.1, 0.15) is 37.8 Å². The van der Waals surface area contributed by atoms with E-state index in [-0.39, 0.29) is 11.8 Å². The second-order valence-corrected chi connectivity index (χ2v) is 7.98. The standard InChI is InChI=1S/C16H26N2O2S/c1-13(2)17-10-5-11-21(19,20)18-16-9-8-14-6-3-4-7-15(14)12-16/h3-4,6-7,13,16-18H,5,8-12H2,1-2H3. The first kappa shape index (κ1) is 16.5. The number of nitrogens with one attached hydrogen (secondary N) is 2. The van der Waals surface area contributed by atoms with Crippen LogP contribution < -0.4 is 10.0 Å². The molecule has 2 rings (SSSR count). The van der Waals surface area contributed by atoms with Crippen molar-refractivity contribution in [3.63, 3.8) is 0 Å². The first-order valence-electron chi connectivity index (χ1n) is 7.76. The van der Waals surface area contributed by atoms with E-state index < -0.39 is 10.0 Å². The number of hydrogen-bond acceptors (Lipinski definition) is 3. The molecule has 1 aliphatic rings. The summed E-state index contributed by atoms with van der Waals surface area (Å²) in [5.41, 5.74) is 2.63. The molecule has 0 bridgehead atoms. The van der Waals surface area contributed by atoms with Crippen molar-refractivity contribution < 1.29 is 8.42 Å². The number of hydrogen-bond donors (Lipinski definition) is 2. The first-order chi connectivity index (χ1) is 9.96. The summed E-state index contributed by atoms with van der Waals surface area (Å²) in [7, 11) is -3.17. The van der Waals surface area contributed by atoms with Gasteiger partial charge in [0.25, 0.3) is 0 Å². The van der Waals surface area contributed by atoms with Crippen molar-refractivity contribution in [2.45, 2.75) is 51.6 Å². The SMILES string of the molecule is CC(C)NCCCS(=O)(=O)NC1CCc2ccccc2C1. The molecule has 1 aromatic carbocycles. The van der Waals surface area contributed by atoms with Crippen LogP contribution in [0.25, 0.3) is 0 Å². The van der Waals surface area contributed by atoms with Gasteiger partial charge in [0.2, 0.25) is 10.0 Å². The summed E-state index contributed by atoms with van der Waals surface area (Å²) in [6.07, 6.45) is 3.30. The highest BCUT2D eigenvalue weighted by atomic mass is 32.2. The average Bonchev–Trinajstić information content (AvgIpc) is 2.43. The van der Waals surface area contributed by atoms with E-state index >= 15 is 0 Å². The van der Waals surface area contributed by atoms with Crippen molar-refractivity contribution in [3.8, 4) is 0 Å². The van der Waals surface area contributed by atoms with Crippen LogP contribution >= 0.6 is 0 Å². The van der Waals surface area contributed by atoms with Gasteiger partial charge in [0, 0.05) is 12.1 Å². The lowest BCUT2D eigenvalue weighted by Gasteiger charge is -2.25. The van der Waals surface area contributed by atoms with Crippen LogP contribution in [0.3, 0.4) is 0 Å². The molecule has 4 nitrogen and oxygen atoms in total. The number of sulfonamides is 1. The van der Waals surface area contributed by atoms with Crippen LogP contribution in [-0.2, 0) is 22.9 Å². The zero-order valence-electron chi connectivity index (χ0n) is 12.9. The number of rotatable bonds is 7. The Morgan fingerprint density at radius 3 is 2.67 bits per heavy atom. The van der Waals surface area contributed by atoms with E-state index in [1.165, 1.54) is 11.1 Å². The minimum atomic E-state index is -3.17. The summed E-state index contributed by atoms with van der Waals surface area (Å²) in [4.78, 5) is 0. The van der Waals surface area contributed by atoms with Crippen LogP contribution in [0.2, 0.25) is 0 Å². The van der Waals surface area contributed by atoms with Crippen molar-refractivity contribution >= 4 is 10.0 Å². The summed E-state index contributed by atoms with van der Waals surface area (Å²) < 4.78 is 27.1.